The number of hydrogen-bond donors (Lipinski definition) is 0. The molecule has 0 fully saturated rings. The molecule has 1 heterocycles. The second kappa shape index (κ2) is 2.89. The Morgan fingerprint density at radius 2 is 2.23 bits per heavy atom. The highest BCUT2D eigenvalue weighted by Gasteiger charge is 2.09. The Balaban J connectivity index is 3.03. The van der Waals surface area contributed by atoms with Gasteiger partial charge in [0.05, 0.1) is 9.99 Å². The number of nitrogens with zero attached hydrogens (tertiary/aromatic N) is 1. The second-order valence-corrected chi connectivity index (χ2v) is 3.95. The van der Waals surface area contributed by atoms with E-state index in [1.54, 1.807) is 19.2 Å². The molecule has 0 bridgehead atoms. The molecular formula is C8H5BrClNO2. The summed E-state index contributed by atoms with van der Waals surface area (Å²) in [5, 5.41) is 0.566. The predicted octanol–water partition coefficient (Wildman–Crippen LogP) is 2.55. The third-order valence-electron chi connectivity index (χ3n) is 1.81. The molecule has 2 rings (SSSR count). The van der Waals surface area contributed by atoms with Crippen LogP contribution in [0, 0.1) is 0 Å². The van der Waals surface area contributed by atoms with Crippen LogP contribution in [0.5, 0.6) is 0 Å². The van der Waals surface area contributed by atoms with Crippen molar-refractivity contribution in [2.75, 3.05) is 0 Å². The van der Waals surface area contributed by atoms with Crippen LogP contribution in [0.2, 0.25) is 5.02 Å². The normalized spacial score (nSPS) is 11.0. The van der Waals surface area contributed by atoms with Gasteiger partial charge in [-0.25, -0.2) is 4.79 Å². The Bertz CT molecular complexity index is 529. The van der Waals surface area contributed by atoms with E-state index in [2.05, 4.69) is 15.9 Å². The summed E-state index contributed by atoms with van der Waals surface area (Å²) in [7, 11) is 1.64. The van der Waals surface area contributed by atoms with Crippen molar-refractivity contribution in [3.8, 4) is 0 Å². The van der Waals surface area contributed by atoms with Crippen molar-refractivity contribution in [1.82, 2.24) is 4.57 Å². The predicted molar refractivity (Wildman–Crippen MR) is 54.2 cm³/mol. The van der Waals surface area contributed by atoms with Crippen LogP contribution in [-0.4, -0.2) is 4.57 Å². The van der Waals surface area contributed by atoms with Gasteiger partial charge in [-0.3, -0.25) is 4.57 Å². The lowest BCUT2D eigenvalue weighted by Crippen LogP contribution is -2.08. The van der Waals surface area contributed by atoms with Gasteiger partial charge in [0, 0.05) is 12.1 Å². The second-order valence-electron chi connectivity index (χ2n) is 2.66. The van der Waals surface area contributed by atoms with Crippen molar-refractivity contribution in [1.29, 1.82) is 0 Å². The van der Waals surface area contributed by atoms with Crippen molar-refractivity contribution < 1.29 is 4.42 Å². The van der Waals surface area contributed by atoms with E-state index in [0.717, 1.165) is 0 Å². The zero-order valence-corrected chi connectivity index (χ0v) is 9.02. The maximum atomic E-state index is 11.1. The number of aryl methyl sites for hydroxylation is 1. The average Bonchev–Trinajstić information content (AvgIpc) is 2.32. The highest BCUT2D eigenvalue weighted by Crippen LogP contribution is 2.26. The molecule has 0 aliphatic rings. The number of oxazole rings is 1. The summed E-state index contributed by atoms with van der Waals surface area (Å²) < 4.78 is 7.08. The minimum Gasteiger partial charge on any atom is -0.406 e. The molecule has 0 unspecified atom stereocenters. The minimum absolute atomic E-state index is 0.391. The third-order valence-corrected chi connectivity index (χ3v) is 2.62. The molecule has 1 aromatic heterocycles. The van der Waals surface area contributed by atoms with Crippen LogP contribution < -0.4 is 5.76 Å². The van der Waals surface area contributed by atoms with Crippen molar-refractivity contribution in [3.05, 3.63) is 32.2 Å². The van der Waals surface area contributed by atoms with Crippen LogP contribution in [0.1, 0.15) is 0 Å². The largest absolute Gasteiger partial charge is 0.419 e. The molecule has 0 saturated heterocycles. The Hall–Kier alpha value is -0.740. The summed E-state index contributed by atoms with van der Waals surface area (Å²) in [4.78, 5) is 11.1. The molecule has 0 radical (unpaired) electrons. The van der Waals surface area contributed by atoms with Gasteiger partial charge in [-0.1, -0.05) is 11.6 Å². The first-order valence-corrected chi connectivity index (χ1v) is 4.71. The maximum Gasteiger partial charge on any atom is 0.419 e. The Labute approximate surface area is 87.0 Å². The van der Waals surface area contributed by atoms with Crippen molar-refractivity contribution in [3.63, 3.8) is 0 Å². The van der Waals surface area contributed by atoms with E-state index >= 15 is 0 Å². The van der Waals surface area contributed by atoms with Crippen molar-refractivity contribution >= 4 is 38.6 Å². The molecule has 68 valence electrons. The lowest BCUT2D eigenvalue weighted by molar-refractivity contribution is 0.527. The number of hydrogen-bond acceptors (Lipinski definition) is 2. The van der Waals surface area contributed by atoms with Crippen LogP contribution in [0.25, 0.3) is 11.1 Å². The van der Waals surface area contributed by atoms with Crippen LogP contribution in [0.4, 0.5) is 0 Å². The molecule has 0 saturated carbocycles. The number of benzene rings is 1. The summed E-state index contributed by atoms with van der Waals surface area (Å²) in [5.41, 5.74) is 1.21. The van der Waals surface area contributed by atoms with Gasteiger partial charge in [0.2, 0.25) is 0 Å². The third kappa shape index (κ3) is 1.30. The van der Waals surface area contributed by atoms with E-state index in [9.17, 15) is 4.79 Å². The Morgan fingerprint density at radius 1 is 1.54 bits per heavy atom. The average molecular weight is 262 g/mol. The Morgan fingerprint density at radius 3 is 2.92 bits per heavy atom. The minimum atomic E-state index is -0.391. The lowest BCUT2D eigenvalue weighted by Gasteiger charge is -1.94. The van der Waals surface area contributed by atoms with Gasteiger partial charge in [-0.05, 0) is 28.1 Å². The molecule has 13 heavy (non-hydrogen) atoms. The molecule has 0 atom stereocenters. The van der Waals surface area contributed by atoms with Gasteiger partial charge in [0.1, 0.15) is 0 Å². The first-order chi connectivity index (χ1) is 6.09. The summed E-state index contributed by atoms with van der Waals surface area (Å²) in [6.07, 6.45) is 0. The van der Waals surface area contributed by atoms with E-state index in [4.69, 9.17) is 16.0 Å². The highest BCUT2D eigenvalue weighted by atomic mass is 79.9. The molecular weight excluding hydrogens is 257 g/mol. The molecule has 0 amide bonds. The topological polar surface area (TPSA) is 35.1 Å². The van der Waals surface area contributed by atoms with E-state index in [1.807, 2.05) is 0 Å². The molecule has 0 spiro atoms. The first kappa shape index (κ1) is 8.84. The molecule has 3 nitrogen and oxygen atoms in total. The first-order valence-electron chi connectivity index (χ1n) is 3.54. The number of aromatic nitrogens is 1. The fourth-order valence-electron chi connectivity index (χ4n) is 1.15. The van der Waals surface area contributed by atoms with Crippen LogP contribution in [0.3, 0.4) is 0 Å². The SMILES string of the molecule is Cn1c(=O)oc2c(Br)cc(Cl)cc21. The zero-order chi connectivity index (χ0) is 9.59. The van der Waals surface area contributed by atoms with E-state index < -0.39 is 5.76 Å². The standard InChI is InChI=1S/C8H5BrClNO2/c1-11-6-3-4(10)2-5(9)7(6)13-8(11)12/h2-3H,1H3. The Kier molecular flexibility index (Phi) is 1.96. The summed E-state index contributed by atoms with van der Waals surface area (Å²) in [6, 6.07) is 3.37. The summed E-state index contributed by atoms with van der Waals surface area (Å²) in [5.74, 6) is -0.391. The summed E-state index contributed by atoms with van der Waals surface area (Å²) in [6.45, 7) is 0. The van der Waals surface area contributed by atoms with Gasteiger partial charge >= 0.3 is 5.76 Å². The molecule has 1 aromatic carbocycles. The number of rotatable bonds is 0. The van der Waals surface area contributed by atoms with Gasteiger partial charge in [0.15, 0.2) is 5.58 Å². The quantitative estimate of drug-likeness (QED) is 0.731. The fraction of sp³-hybridized carbons (Fsp3) is 0.125. The van der Waals surface area contributed by atoms with Crippen LogP contribution >= 0.6 is 27.5 Å². The zero-order valence-electron chi connectivity index (χ0n) is 6.67. The summed E-state index contributed by atoms with van der Waals surface area (Å²) >= 11 is 9.08. The fourth-order valence-corrected chi connectivity index (χ4v) is 2.03. The van der Waals surface area contributed by atoms with E-state index in [0.29, 0.717) is 20.6 Å². The molecule has 0 N–H and O–H groups in total. The van der Waals surface area contributed by atoms with E-state index in [-0.39, 0.29) is 0 Å². The number of halogens is 2. The van der Waals surface area contributed by atoms with Gasteiger partial charge in [0.25, 0.3) is 0 Å². The molecule has 2 aromatic rings. The van der Waals surface area contributed by atoms with Crippen LogP contribution in [-0.2, 0) is 7.05 Å². The monoisotopic (exact) mass is 261 g/mol. The van der Waals surface area contributed by atoms with Gasteiger partial charge in [-0.2, -0.15) is 0 Å². The van der Waals surface area contributed by atoms with Crippen molar-refractivity contribution in [2.45, 2.75) is 0 Å². The number of fused-ring (bicyclic) bond motifs is 1. The van der Waals surface area contributed by atoms with Gasteiger partial charge in [-0.15, -0.1) is 0 Å². The molecule has 0 aliphatic carbocycles. The van der Waals surface area contributed by atoms with Crippen LogP contribution in [0.15, 0.2) is 25.8 Å². The maximum absolute atomic E-state index is 11.1. The molecule has 5 heteroatoms. The molecule has 0 aliphatic heterocycles. The van der Waals surface area contributed by atoms with Gasteiger partial charge < -0.3 is 4.42 Å². The highest BCUT2D eigenvalue weighted by molar-refractivity contribution is 9.10. The van der Waals surface area contributed by atoms with E-state index in [1.165, 1.54) is 4.57 Å². The van der Waals surface area contributed by atoms with Crippen molar-refractivity contribution in [2.24, 2.45) is 7.05 Å². The smallest absolute Gasteiger partial charge is 0.406 e. The lowest BCUT2D eigenvalue weighted by atomic mass is 10.3.